The summed E-state index contributed by atoms with van der Waals surface area (Å²) < 4.78 is 0.915. The first kappa shape index (κ1) is 14.2. The molecule has 2 N–H and O–H groups in total. The van der Waals surface area contributed by atoms with Crippen LogP contribution in [0.25, 0.3) is 11.3 Å². The van der Waals surface area contributed by atoms with E-state index in [9.17, 15) is 0 Å². The standard InChI is InChI=1S/C16H13BrClN3/c17-14-7-11(1-6-15(14)18)8-20-13-4-2-12(3-5-13)16-9-19-10-21-16/h1-7,9-10,20H,8H2,(H,19,21). The van der Waals surface area contributed by atoms with Crippen molar-refractivity contribution in [2.45, 2.75) is 6.54 Å². The van der Waals surface area contributed by atoms with E-state index in [0.717, 1.165) is 33.0 Å². The molecule has 3 aromatic rings. The number of imidazole rings is 1. The summed E-state index contributed by atoms with van der Waals surface area (Å²) in [6.07, 6.45) is 3.49. The van der Waals surface area contributed by atoms with Gasteiger partial charge in [0.2, 0.25) is 0 Å². The number of nitrogens with zero attached hydrogens (tertiary/aromatic N) is 1. The summed E-state index contributed by atoms with van der Waals surface area (Å²) in [6.45, 7) is 0.749. The Kier molecular flexibility index (Phi) is 4.27. The van der Waals surface area contributed by atoms with Gasteiger partial charge >= 0.3 is 0 Å². The fourth-order valence-electron chi connectivity index (χ4n) is 2.04. The van der Waals surface area contributed by atoms with E-state index in [0.29, 0.717) is 0 Å². The van der Waals surface area contributed by atoms with Crippen LogP contribution in [0.4, 0.5) is 5.69 Å². The van der Waals surface area contributed by atoms with Gasteiger partial charge in [0.1, 0.15) is 0 Å². The Balaban J connectivity index is 1.66. The van der Waals surface area contributed by atoms with Crippen molar-refractivity contribution in [3.63, 3.8) is 0 Å². The molecule has 0 saturated carbocycles. The van der Waals surface area contributed by atoms with Gasteiger partial charge in [-0.1, -0.05) is 29.8 Å². The number of nitrogens with one attached hydrogen (secondary N) is 2. The number of anilines is 1. The van der Waals surface area contributed by atoms with Crippen molar-refractivity contribution >= 4 is 33.2 Å². The van der Waals surface area contributed by atoms with E-state index >= 15 is 0 Å². The third-order valence-corrected chi connectivity index (χ3v) is 4.39. The SMILES string of the molecule is Clc1ccc(CNc2ccc(-c3cnc[nH]3)cc2)cc1Br. The van der Waals surface area contributed by atoms with Gasteiger partial charge in [-0.2, -0.15) is 0 Å². The van der Waals surface area contributed by atoms with Crippen molar-refractivity contribution in [1.82, 2.24) is 9.97 Å². The molecule has 2 aromatic carbocycles. The van der Waals surface area contributed by atoms with Crippen molar-refractivity contribution in [2.75, 3.05) is 5.32 Å². The Labute approximate surface area is 136 Å². The van der Waals surface area contributed by atoms with Crippen LogP contribution in [0.1, 0.15) is 5.56 Å². The summed E-state index contributed by atoms with van der Waals surface area (Å²) in [5, 5.41) is 4.12. The van der Waals surface area contributed by atoms with Crippen LogP contribution in [0.2, 0.25) is 5.02 Å². The second-order valence-electron chi connectivity index (χ2n) is 4.64. The molecule has 5 heteroatoms. The molecular formula is C16H13BrClN3. The molecule has 0 bridgehead atoms. The number of halogens is 2. The van der Waals surface area contributed by atoms with Crippen molar-refractivity contribution in [3.05, 3.63) is 70.0 Å². The molecule has 0 saturated heterocycles. The average Bonchev–Trinajstić information content (AvgIpc) is 3.03. The van der Waals surface area contributed by atoms with E-state index < -0.39 is 0 Å². The normalized spacial score (nSPS) is 10.6. The number of aromatic nitrogens is 2. The summed E-state index contributed by atoms with van der Waals surface area (Å²) in [6, 6.07) is 14.2. The summed E-state index contributed by atoms with van der Waals surface area (Å²) in [4.78, 5) is 7.12. The molecule has 0 spiro atoms. The topological polar surface area (TPSA) is 40.7 Å². The van der Waals surface area contributed by atoms with Crippen molar-refractivity contribution in [3.8, 4) is 11.3 Å². The van der Waals surface area contributed by atoms with Crippen molar-refractivity contribution < 1.29 is 0 Å². The lowest BCUT2D eigenvalue weighted by Gasteiger charge is -2.08. The van der Waals surface area contributed by atoms with E-state index in [4.69, 9.17) is 11.6 Å². The highest BCUT2D eigenvalue weighted by atomic mass is 79.9. The van der Waals surface area contributed by atoms with Crippen LogP contribution in [0.15, 0.2) is 59.5 Å². The maximum absolute atomic E-state index is 5.99. The van der Waals surface area contributed by atoms with Crippen LogP contribution in [0.5, 0.6) is 0 Å². The first-order valence-electron chi connectivity index (χ1n) is 6.49. The zero-order valence-electron chi connectivity index (χ0n) is 11.1. The van der Waals surface area contributed by atoms with E-state index in [1.165, 1.54) is 5.56 Å². The van der Waals surface area contributed by atoms with Gasteiger partial charge < -0.3 is 10.3 Å². The third-order valence-electron chi connectivity index (χ3n) is 3.17. The Morgan fingerprint density at radius 1 is 1.14 bits per heavy atom. The van der Waals surface area contributed by atoms with Crippen LogP contribution in [-0.4, -0.2) is 9.97 Å². The molecule has 0 unspecified atom stereocenters. The highest BCUT2D eigenvalue weighted by molar-refractivity contribution is 9.10. The molecule has 1 heterocycles. The van der Waals surface area contributed by atoms with E-state index in [1.807, 2.05) is 24.4 Å². The zero-order chi connectivity index (χ0) is 14.7. The van der Waals surface area contributed by atoms with E-state index in [2.05, 4.69) is 55.5 Å². The molecular weight excluding hydrogens is 350 g/mol. The molecule has 0 aliphatic rings. The van der Waals surface area contributed by atoms with Gasteiger partial charge in [-0.3, -0.25) is 0 Å². The van der Waals surface area contributed by atoms with Crippen LogP contribution in [0, 0.1) is 0 Å². The third kappa shape index (κ3) is 3.46. The minimum absolute atomic E-state index is 0.725. The molecule has 106 valence electrons. The highest BCUT2D eigenvalue weighted by Gasteiger charge is 2.01. The van der Waals surface area contributed by atoms with Crippen LogP contribution < -0.4 is 5.32 Å². The number of hydrogen-bond acceptors (Lipinski definition) is 2. The van der Waals surface area contributed by atoms with Crippen molar-refractivity contribution in [2.24, 2.45) is 0 Å². The minimum atomic E-state index is 0.725. The van der Waals surface area contributed by atoms with Crippen LogP contribution >= 0.6 is 27.5 Å². The smallest absolute Gasteiger partial charge is 0.0924 e. The molecule has 21 heavy (non-hydrogen) atoms. The van der Waals surface area contributed by atoms with Crippen molar-refractivity contribution in [1.29, 1.82) is 0 Å². The quantitative estimate of drug-likeness (QED) is 0.677. The predicted octanol–water partition coefficient (Wildman–Crippen LogP) is 5.10. The summed E-state index contributed by atoms with van der Waals surface area (Å²) in [5.41, 5.74) is 4.38. The molecule has 0 amide bonds. The molecule has 0 aliphatic heterocycles. The molecule has 3 rings (SSSR count). The summed E-state index contributed by atoms with van der Waals surface area (Å²) >= 11 is 9.42. The lowest BCUT2D eigenvalue weighted by atomic mass is 10.1. The number of benzene rings is 2. The minimum Gasteiger partial charge on any atom is -0.381 e. The van der Waals surface area contributed by atoms with Gasteiger partial charge in [0.15, 0.2) is 0 Å². The summed E-state index contributed by atoms with van der Waals surface area (Å²) in [7, 11) is 0. The number of hydrogen-bond donors (Lipinski definition) is 2. The monoisotopic (exact) mass is 361 g/mol. The molecule has 0 radical (unpaired) electrons. The molecule has 0 aliphatic carbocycles. The second kappa shape index (κ2) is 6.33. The van der Waals surface area contributed by atoms with Crippen LogP contribution in [0.3, 0.4) is 0 Å². The van der Waals surface area contributed by atoms with Gasteiger partial charge in [-0.05, 0) is 51.3 Å². The van der Waals surface area contributed by atoms with Gasteiger partial charge in [-0.25, -0.2) is 4.98 Å². The van der Waals surface area contributed by atoms with E-state index in [1.54, 1.807) is 6.33 Å². The maximum atomic E-state index is 5.99. The van der Waals surface area contributed by atoms with E-state index in [-0.39, 0.29) is 0 Å². The van der Waals surface area contributed by atoms with Gasteiger partial charge in [-0.15, -0.1) is 0 Å². The summed E-state index contributed by atoms with van der Waals surface area (Å²) in [5.74, 6) is 0. The molecule has 1 aromatic heterocycles. The lowest BCUT2D eigenvalue weighted by molar-refractivity contribution is 1.15. The highest BCUT2D eigenvalue weighted by Crippen LogP contribution is 2.24. The maximum Gasteiger partial charge on any atom is 0.0924 e. The first-order chi connectivity index (χ1) is 10.2. The number of aromatic amines is 1. The lowest BCUT2D eigenvalue weighted by Crippen LogP contribution is -1.99. The van der Waals surface area contributed by atoms with Crippen LogP contribution in [-0.2, 0) is 6.54 Å². The first-order valence-corrected chi connectivity index (χ1v) is 7.66. The van der Waals surface area contributed by atoms with Gasteiger partial charge in [0.05, 0.1) is 23.2 Å². The average molecular weight is 363 g/mol. The largest absolute Gasteiger partial charge is 0.381 e. The fourth-order valence-corrected chi connectivity index (χ4v) is 2.58. The number of H-pyrrole nitrogens is 1. The Morgan fingerprint density at radius 3 is 2.62 bits per heavy atom. The zero-order valence-corrected chi connectivity index (χ0v) is 13.4. The number of rotatable bonds is 4. The Morgan fingerprint density at radius 2 is 1.95 bits per heavy atom. The molecule has 3 nitrogen and oxygen atoms in total. The molecule has 0 atom stereocenters. The Hall–Kier alpha value is -1.78. The predicted molar refractivity (Wildman–Crippen MR) is 90.5 cm³/mol. The van der Waals surface area contributed by atoms with Gasteiger partial charge in [0.25, 0.3) is 0 Å². The Bertz CT molecular complexity index is 724. The second-order valence-corrected chi connectivity index (χ2v) is 5.91. The fraction of sp³-hybridized carbons (Fsp3) is 0.0625. The molecule has 0 fully saturated rings. The van der Waals surface area contributed by atoms with Gasteiger partial charge in [0, 0.05) is 16.7 Å².